The molecule has 1 atom stereocenters. The van der Waals surface area contributed by atoms with Gasteiger partial charge in [-0.1, -0.05) is 24.6 Å². The van der Waals surface area contributed by atoms with Crippen LogP contribution in [-0.2, 0) is 6.42 Å². The molecule has 2 rings (SSSR count). The van der Waals surface area contributed by atoms with Gasteiger partial charge in [0.1, 0.15) is 5.82 Å². The van der Waals surface area contributed by atoms with Crippen molar-refractivity contribution >= 4 is 27.5 Å². The van der Waals surface area contributed by atoms with E-state index < -0.39 is 5.82 Å². The fourth-order valence-corrected chi connectivity index (χ4v) is 2.52. The Balaban J connectivity index is 2.20. The predicted molar refractivity (Wildman–Crippen MR) is 88.1 cm³/mol. The van der Waals surface area contributed by atoms with Crippen molar-refractivity contribution in [1.29, 1.82) is 0 Å². The lowest BCUT2D eigenvalue weighted by Crippen LogP contribution is -2.24. The number of hydrogen-bond acceptors (Lipinski definition) is 2. The van der Waals surface area contributed by atoms with Crippen molar-refractivity contribution < 1.29 is 4.39 Å². The zero-order valence-corrected chi connectivity index (χ0v) is 14.1. The van der Waals surface area contributed by atoms with Gasteiger partial charge in [0.2, 0.25) is 0 Å². The van der Waals surface area contributed by atoms with Gasteiger partial charge >= 0.3 is 0 Å². The van der Waals surface area contributed by atoms with Crippen LogP contribution in [-0.4, -0.2) is 11.5 Å². The van der Waals surface area contributed by atoms with Crippen molar-refractivity contribution in [3.63, 3.8) is 0 Å². The highest BCUT2D eigenvalue weighted by Gasteiger charge is 2.14. The lowest BCUT2D eigenvalue weighted by molar-refractivity contribution is 0.523. The summed E-state index contributed by atoms with van der Waals surface area (Å²) in [5, 5.41) is 3.62. The standard InChI is InChI=1S/C16H17BrClFN2/c1-2-7-20-16(9-13-5-4-12(17)10-21-13)11-3-6-15(19)14(18)8-11/h3-6,8,10,16,20H,2,7,9H2,1H3. The highest BCUT2D eigenvalue weighted by molar-refractivity contribution is 9.10. The van der Waals surface area contributed by atoms with Crippen LogP contribution < -0.4 is 5.32 Å². The first-order valence-corrected chi connectivity index (χ1v) is 8.06. The molecule has 0 bridgehead atoms. The minimum Gasteiger partial charge on any atom is -0.310 e. The molecule has 0 fully saturated rings. The Kier molecular flexibility index (Phi) is 6.15. The van der Waals surface area contributed by atoms with Crippen LogP contribution in [0.1, 0.15) is 30.6 Å². The molecule has 0 aliphatic carbocycles. The van der Waals surface area contributed by atoms with Gasteiger partial charge in [0.05, 0.1) is 5.02 Å². The van der Waals surface area contributed by atoms with Crippen LogP contribution in [0.15, 0.2) is 41.0 Å². The van der Waals surface area contributed by atoms with Crippen LogP contribution >= 0.6 is 27.5 Å². The van der Waals surface area contributed by atoms with Crippen LogP contribution in [0.5, 0.6) is 0 Å². The van der Waals surface area contributed by atoms with E-state index in [-0.39, 0.29) is 11.1 Å². The molecule has 0 radical (unpaired) electrons. The third-order valence-corrected chi connectivity index (χ3v) is 3.95. The predicted octanol–water partition coefficient (Wildman–Crippen LogP) is 4.92. The molecule has 1 aromatic heterocycles. The Morgan fingerprint density at radius 1 is 1.33 bits per heavy atom. The first-order chi connectivity index (χ1) is 10.1. The van der Waals surface area contributed by atoms with Gasteiger partial charge in [0, 0.05) is 28.8 Å². The number of aromatic nitrogens is 1. The van der Waals surface area contributed by atoms with E-state index in [2.05, 4.69) is 33.2 Å². The van der Waals surface area contributed by atoms with Crippen LogP contribution in [0, 0.1) is 5.82 Å². The lowest BCUT2D eigenvalue weighted by atomic mass is 10.0. The number of halogens is 3. The zero-order chi connectivity index (χ0) is 15.2. The molecule has 0 saturated carbocycles. The maximum Gasteiger partial charge on any atom is 0.141 e. The highest BCUT2D eigenvalue weighted by atomic mass is 79.9. The Morgan fingerprint density at radius 2 is 2.14 bits per heavy atom. The summed E-state index contributed by atoms with van der Waals surface area (Å²) in [5.74, 6) is -0.392. The van der Waals surface area contributed by atoms with Crippen molar-refractivity contribution in [2.75, 3.05) is 6.54 Å². The van der Waals surface area contributed by atoms with Crippen LogP contribution in [0.25, 0.3) is 0 Å². The second-order valence-corrected chi connectivity index (χ2v) is 6.18. The van der Waals surface area contributed by atoms with Gasteiger partial charge in [-0.15, -0.1) is 0 Å². The molecule has 1 aromatic carbocycles. The third-order valence-electron chi connectivity index (χ3n) is 3.19. The molecular weight excluding hydrogens is 355 g/mol. The number of nitrogens with one attached hydrogen (secondary N) is 1. The summed E-state index contributed by atoms with van der Waals surface area (Å²) in [6, 6.07) is 8.88. The Morgan fingerprint density at radius 3 is 2.76 bits per heavy atom. The molecule has 1 unspecified atom stereocenters. The number of rotatable bonds is 6. The average molecular weight is 372 g/mol. The lowest BCUT2D eigenvalue weighted by Gasteiger charge is -2.19. The smallest absolute Gasteiger partial charge is 0.141 e. The number of hydrogen-bond donors (Lipinski definition) is 1. The summed E-state index contributed by atoms with van der Waals surface area (Å²) in [5.41, 5.74) is 1.95. The first kappa shape index (κ1) is 16.4. The Hall–Kier alpha value is -0.970. The first-order valence-electron chi connectivity index (χ1n) is 6.89. The number of nitrogens with zero attached hydrogens (tertiary/aromatic N) is 1. The van der Waals surface area contributed by atoms with E-state index in [1.165, 1.54) is 6.07 Å². The summed E-state index contributed by atoms with van der Waals surface area (Å²) >= 11 is 9.27. The third kappa shape index (κ3) is 4.77. The zero-order valence-electron chi connectivity index (χ0n) is 11.7. The Bertz CT molecular complexity index is 589. The van der Waals surface area contributed by atoms with E-state index >= 15 is 0 Å². The largest absolute Gasteiger partial charge is 0.310 e. The molecule has 0 saturated heterocycles. The molecule has 2 aromatic rings. The second kappa shape index (κ2) is 7.87. The molecular formula is C16H17BrClFN2. The van der Waals surface area contributed by atoms with Gasteiger partial charge in [0.25, 0.3) is 0 Å². The molecule has 0 aliphatic heterocycles. The number of benzene rings is 1. The second-order valence-electron chi connectivity index (χ2n) is 4.85. The van der Waals surface area contributed by atoms with E-state index in [9.17, 15) is 4.39 Å². The molecule has 21 heavy (non-hydrogen) atoms. The minimum atomic E-state index is -0.392. The van der Waals surface area contributed by atoms with Crippen LogP contribution in [0.2, 0.25) is 5.02 Å². The van der Waals surface area contributed by atoms with Gasteiger partial charge in [-0.05, 0) is 58.7 Å². The maximum atomic E-state index is 13.3. The van der Waals surface area contributed by atoms with Crippen molar-refractivity contribution in [3.05, 3.63) is 63.1 Å². The molecule has 1 heterocycles. The topological polar surface area (TPSA) is 24.9 Å². The normalized spacial score (nSPS) is 12.4. The molecule has 5 heteroatoms. The van der Waals surface area contributed by atoms with Gasteiger partial charge in [-0.2, -0.15) is 0 Å². The molecule has 0 spiro atoms. The van der Waals surface area contributed by atoms with E-state index in [0.717, 1.165) is 35.1 Å². The van der Waals surface area contributed by atoms with Gasteiger partial charge in [-0.25, -0.2) is 4.39 Å². The summed E-state index contributed by atoms with van der Waals surface area (Å²) in [6.45, 7) is 3.00. The fraction of sp³-hybridized carbons (Fsp3) is 0.312. The van der Waals surface area contributed by atoms with E-state index in [1.54, 1.807) is 18.3 Å². The summed E-state index contributed by atoms with van der Waals surface area (Å²) in [7, 11) is 0. The Labute approximate surface area is 137 Å². The van der Waals surface area contributed by atoms with Crippen molar-refractivity contribution in [1.82, 2.24) is 10.3 Å². The van der Waals surface area contributed by atoms with Gasteiger partial charge < -0.3 is 5.32 Å². The van der Waals surface area contributed by atoms with Gasteiger partial charge in [-0.3, -0.25) is 4.98 Å². The van der Waals surface area contributed by atoms with E-state index in [1.807, 2.05) is 12.1 Å². The average Bonchev–Trinajstić information content (AvgIpc) is 2.48. The van der Waals surface area contributed by atoms with Crippen molar-refractivity contribution in [3.8, 4) is 0 Å². The molecule has 112 valence electrons. The summed E-state index contributed by atoms with van der Waals surface area (Å²) < 4.78 is 14.3. The maximum absolute atomic E-state index is 13.3. The molecule has 0 aliphatic rings. The summed E-state index contributed by atoms with van der Waals surface area (Å²) in [6.07, 6.45) is 3.54. The van der Waals surface area contributed by atoms with E-state index in [4.69, 9.17) is 11.6 Å². The molecule has 1 N–H and O–H groups in total. The molecule has 0 amide bonds. The highest BCUT2D eigenvalue weighted by Crippen LogP contribution is 2.23. The van der Waals surface area contributed by atoms with Crippen LogP contribution in [0.3, 0.4) is 0 Å². The number of pyridine rings is 1. The van der Waals surface area contributed by atoms with Crippen LogP contribution in [0.4, 0.5) is 4.39 Å². The summed E-state index contributed by atoms with van der Waals surface area (Å²) in [4.78, 5) is 4.40. The molecule has 2 nitrogen and oxygen atoms in total. The quantitative estimate of drug-likeness (QED) is 0.779. The fourth-order valence-electron chi connectivity index (χ4n) is 2.09. The van der Waals surface area contributed by atoms with Crippen molar-refractivity contribution in [2.24, 2.45) is 0 Å². The minimum absolute atomic E-state index is 0.0664. The van der Waals surface area contributed by atoms with Gasteiger partial charge in [0.15, 0.2) is 0 Å². The SMILES string of the molecule is CCCNC(Cc1ccc(Br)cn1)c1ccc(F)c(Cl)c1. The van der Waals surface area contributed by atoms with E-state index in [0.29, 0.717) is 0 Å². The van der Waals surface area contributed by atoms with Crippen molar-refractivity contribution in [2.45, 2.75) is 25.8 Å². The monoisotopic (exact) mass is 370 g/mol.